The summed E-state index contributed by atoms with van der Waals surface area (Å²) in [5.41, 5.74) is 4.45. The van der Waals surface area contributed by atoms with Crippen LogP contribution in [0.4, 0.5) is 0 Å². The number of carbonyl (C=O) groups excluding carboxylic acids is 1. The van der Waals surface area contributed by atoms with E-state index >= 15 is 0 Å². The molecule has 0 aliphatic rings. The molecule has 2 heterocycles. The first-order valence-corrected chi connectivity index (χ1v) is 7.98. The smallest absolute Gasteiger partial charge is 0.258 e. The van der Waals surface area contributed by atoms with E-state index in [-0.39, 0.29) is 5.78 Å². The van der Waals surface area contributed by atoms with Gasteiger partial charge in [-0.2, -0.15) is 4.98 Å². The molecule has 2 aromatic heterocycles. The van der Waals surface area contributed by atoms with Crippen LogP contribution in [-0.2, 0) is 0 Å². The summed E-state index contributed by atoms with van der Waals surface area (Å²) >= 11 is 0. The van der Waals surface area contributed by atoms with Crippen molar-refractivity contribution in [2.75, 3.05) is 0 Å². The molecule has 5 heteroatoms. The van der Waals surface area contributed by atoms with Gasteiger partial charge in [-0.15, -0.1) is 0 Å². The standard InChI is InChI=1S/C20H16N2O3/c1-11-4-5-12(2)18-16(11)10-17(24-18)19-21-20(25-22-19)15-8-6-14(7-9-15)13(3)23/h4-10H,1-3H3. The van der Waals surface area contributed by atoms with Gasteiger partial charge >= 0.3 is 0 Å². The quantitative estimate of drug-likeness (QED) is 0.495. The Balaban J connectivity index is 1.73. The molecule has 0 atom stereocenters. The van der Waals surface area contributed by atoms with Gasteiger partial charge in [0.25, 0.3) is 5.89 Å². The van der Waals surface area contributed by atoms with Gasteiger partial charge in [-0.25, -0.2) is 0 Å². The Morgan fingerprint density at radius 3 is 2.40 bits per heavy atom. The van der Waals surface area contributed by atoms with Crippen molar-refractivity contribution in [2.45, 2.75) is 20.8 Å². The number of benzene rings is 2. The monoisotopic (exact) mass is 332 g/mol. The number of rotatable bonds is 3. The average molecular weight is 332 g/mol. The average Bonchev–Trinajstić information content (AvgIpc) is 3.26. The van der Waals surface area contributed by atoms with E-state index in [9.17, 15) is 4.79 Å². The van der Waals surface area contributed by atoms with Gasteiger partial charge in [0.2, 0.25) is 5.82 Å². The summed E-state index contributed by atoms with van der Waals surface area (Å²) in [4.78, 5) is 15.8. The lowest BCUT2D eigenvalue weighted by Gasteiger charge is -1.96. The van der Waals surface area contributed by atoms with Crippen molar-refractivity contribution < 1.29 is 13.7 Å². The highest BCUT2D eigenvalue weighted by Crippen LogP contribution is 2.31. The van der Waals surface area contributed by atoms with Crippen molar-refractivity contribution in [2.24, 2.45) is 0 Å². The topological polar surface area (TPSA) is 69.1 Å². The highest BCUT2D eigenvalue weighted by atomic mass is 16.5. The minimum absolute atomic E-state index is 0.0192. The van der Waals surface area contributed by atoms with Crippen molar-refractivity contribution in [1.29, 1.82) is 0 Å². The zero-order valence-electron chi connectivity index (χ0n) is 14.2. The van der Waals surface area contributed by atoms with E-state index in [0.29, 0.717) is 23.0 Å². The van der Waals surface area contributed by atoms with Gasteiger partial charge < -0.3 is 8.94 Å². The Hall–Kier alpha value is -3.21. The minimum atomic E-state index is 0.0192. The van der Waals surface area contributed by atoms with Crippen molar-refractivity contribution in [3.8, 4) is 23.0 Å². The summed E-state index contributed by atoms with van der Waals surface area (Å²) < 4.78 is 11.3. The van der Waals surface area contributed by atoms with Crippen LogP contribution in [0.15, 0.2) is 51.4 Å². The number of aryl methyl sites for hydroxylation is 2. The third-order valence-corrected chi connectivity index (χ3v) is 4.28. The van der Waals surface area contributed by atoms with E-state index in [1.165, 1.54) is 6.92 Å². The molecule has 4 aromatic rings. The Bertz CT molecular complexity index is 1050. The fraction of sp³-hybridized carbons (Fsp3) is 0.150. The molecule has 124 valence electrons. The molecule has 0 radical (unpaired) electrons. The predicted octanol–water partition coefficient (Wildman–Crippen LogP) is 4.97. The van der Waals surface area contributed by atoms with Crippen molar-refractivity contribution in [3.05, 3.63) is 59.2 Å². The number of nitrogens with zero attached hydrogens (tertiary/aromatic N) is 2. The summed E-state index contributed by atoms with van der Waals surface area (Å²) in [6, 6.07) is 13.1. The van der Waals surface area contributed by atoms with Gasteiger partial charge in [-0.1, -0.05) is 29.4 Å². The molecular formula is C20H16N2O3. The number of ketones is 1. The van der Waals surface area contributed by atoms with Gasteiger partial charge in [0.1, 0.15) is 5.58 Å². The van der Waals surface area contributed by atoms with E-state index in [0.717, 1.165) is 27.7 Å². The van der Waals surface area contributed by atoms with Crippen LogP contribution < -0.4 is 0 Å². The van der Waals surface area contributed by atoms with E-state index in [1.807, 2.05) is 26.0 Å². The van der Waals surface area contributed by atoms with Gasteiger partial charge in [-0.05, 0) is 50.1 Å². The predicted molar refractivity (Wildman–Crippen MR) is 94.4 cm³/mol. The number of carbonyl (C=O) groups is 1. The maximum Gasteiger partial charge on any atom is 0.258 e. The highest BCUT2D eigenvalue weighted by Gasteiger charge is 2.16. The molecule has 0 saturated heterocycles. The van der Waals surface area contributed by atoms with Crippen LogP contribution >= 0.6 is 0 Å². The summed E-state index contributed by atoms with van der Waals surface area (Å²) in [5, 5.41) is 5.08. The van der Waals surface area contributed by atoms with Crippen LogP contribution in [0.5, 0.6) is 0 Å². The second kappa shape index (κ2) is 5.70. The van der Waals surface area contributed by atoms with Gasteiger partial charge in [-0.3, -0.25) is 4.79 Å². The van der Waals surface area contributed by atoms with Crippen LogP contribution in [0, 0.1) is 13.8 Å². The largest absolute Gasteiger partial charge is 0.452 e. The zero-order valence-corrected chi connectivity index (χ0v) is 14.2. The minimum Gasteiger partial charge on any atom is -0.452 e. The molecule has 0 aliphatic carbocycles. The number of hydrogen-bond acceptors (Lipinski definition) is 5. The van der Waals surface area contributed by atoms with Crippen molar-refractivity contribution in [3.63, 3.8) is 0 Å². The van der Waals surface area contributed by atoms with Gasteiger partial charge in [0, 0.05) is 16.5 Å². The molecule has 0 spiro atoms. The summed E-state index contributed by atoms with van der Waals surface area (Å²) in [5.74, 6) is 1.38. The second-order valence-corrected chi connectivity index (χ2v) is 6.11. The van der Waals surface area contributed by atoms with Crippen molar-refractivity contribution >= 4 is 16.8 Å². The Morgan fingerprint density at radius 1 is 1.00 bits per heavy atom. The molecule has 25 heavy (non-hydrogen) atoms. The zero-order chi connectivity index (χ0) is 17.6. The summed E-state index contributed by atoms with van der Waals surface area (Å²) in [6.07, 6.45) is 0. The lowest BCUT2D eigenvalue weighted by atomic mass is 10.1. The van der Waals surface area contributed by atoms with Crippen LogP contribution in [0.25, 0.3) is 34.0 Å². The van der Waals surface area contributed by atoms with Crippen LogP contribution in [0.3, 0.4) is 0 Å². The molecule has 2 aromatic carbocycles. The normalized spacial score (nSPS) is 11.2. The first kappa shape index (κ1) is 15.3. The Morgan fingerprint density at radius 2 is 1.72 bits per heavy atom. The molecule has 0 bridgehead atoms. The SMILES string of the molecule is CC(=O)c1ccc(-c2nc(-c3cc4c(C)ccc(C)c4o3)no2)cc1. The maximum atomic E-state index is 11.4. The first-order chi connectivity index (χ1) is 12.0. The highest BCUT2D eigenvalue weighted by molar-refractivity contribution is 5.94. The third kappa shape index (κ3) is 2.63. The van der Waals surface area contributed by atoms with Crippen LogP contribution in [0.1, 0.15) is 28.4 Å². The fourth-order valence-electron chi connectivity index (χ4n) is 2.79. The Labute approximate surface area is 144 Å². The third-order valence-electron chi connectivity index (χ3n) is 4.28. The molecule has 4 rings (SSSR count). The van der Waals surface area contributed by atoms with Crippen molar-refractivity contribution in [1.82, 2.24) is 10.1 Å². The van der Waals surface area contributed by atoms with E-state index in [4.69, 9.17) is 8.94 Å². The number of hydrogen-bond donors (Lipinski definition) is 0. The van der Waals surface area contributed by atoms with E-state index in [2.05, 4.69) is 16.2 Å². The van der Waals surface area contributed by atoms with Gasteiger partial charge in [0.15, 0.2) is 11.5 Å². The summed E-state index contributed by atoms with van der Waals surface area (Å²) in [7, 11) is 0. The second-order valence-electron chi connectivity index (χ2n) is 6.11. The number of Topliss-reactive ketones (excluding diaryl/α,β-unsaturated/α-hetero) is 1. The molecule has 0 saturated carbocycles. The van der Waals surface area contributed by atoms with E-state index in [1.54, 1.807) is 24.3 Å². The lowest BCUT2D eigenvalue weighted by Crippen LogP contribution is -1.90. The number of aromatic nitrogens is 2. The lowest BCUT2D eigenvalue weighted by molar-refractivity contribution is 0.101. The maximum absolute atomic E-state index is 11.4. The Kier molecular flexibility index (Phi) is 3.50. The first-order valence-electron chi connectivity index (χ1n) is 7.98. The van der Waals surface area contributed by atoms with Crippen LogP contribution in [0.2, 0.25) is 0 Å². The molecular weight excluding hydrogens is 316 g/mol. The summed E-state index contributed by atoms with van der Waals surface area (Å²) in [6.45, 7) is 5.58. The van der Waals surface area contributed by atoms with Crippen LogP contribution in [-0.4, -0.2) is 15.9 Å². The van der Waals surface area contributed by atoms with Gasteiger partial charge in [0.05, 0.1) is 0 Å². The molecule has 0 amide bonds. The molecule has 0 N–H and O–H groups in total. The molecule has 0 fully saturated rings. The molecule has 0 aliphatic heterocycles. The number of furan rings is 1. The van der Waals surface area contributed by atoms with E-state index < -0.39 is 0 Å². The number of fused-ring (bicyclic) bond motifs is 1. The fourth-order valence-corrected chi connectivity index (χ4v) is 2.79. The molecule has 0 unspecified atom stereocenters. The molecule has 5 nitrogen and oxygen atoms in total.